The average molecular weight is 290 g/mol. The van der Waals surface area contributed by atoms with Crippen LogP contribution in [0, 0.1) is 11.3 Å². The first-order chi connectivity index (χ1) is 9.81. The first-order valence-corrected chi connectivity index (χ1v) is 7.92. The summed E-state index contributed by atoms with van der Waals surface area (Å²) in [6, 6.07) is 9.70. The lowest BCUT2D eigenvalue weighted by atomic mass is 9.85. The topological polar surface area (TPSA) is 55.1 Å². The molecule has 3 nitrogen and oxygen atoms in total. The van der Waals surface area contributed by atoms with E-state index in [0.717, 1.165) is 18.4 Å². The smallest absolute Gasteiger partial charge is 0.237 e. The Labute approximate surface area is 129 Å². The van der Waals surface area contributed by atoms with Crippen LogP contribution in [0.4, 0.5) is 0 Å². The third-order valence-corrected chi connectivity index (χ3v) is 4.19. The van der Waals surface area contributed by atoms with Crippen LogP contribution in [-0.2, 0) is 4.79 Å². The molecule has 0 aromatic heterocycles. The van der Waals surface area contributed by atoms with Gasteiger partial charge in [0.1, 0.15) is 0 Å². The lowest BCUT2D eigenvalue weighted by Crippen LogP contribution is -2.50. The molecular formula is C18H30N2O. The summed E-state index contributed by atoms with van der Waals surface area (Å²) in [7, 11) is 0. The molecule has 0 aliphatic rings. The second kappa shape index (κ2) is 7.60. The van der Waals surface area contributed by atoms with Gasteiger partial charge in [-0.3, -0.25) is 4.79 Å². The number of amides is 1. The molecule has 0 heterocycles. The van der Waals surface area contributed by atoms with Crippen LogP contribution in [0.25, 0.3) is 0 Å². The van der Waals surface area contributed by atoms with E-state index in [1.165, 1.54) is 0 Å². The van der Waals surface area contributed by atoms with E-state index < -0.39 is 6.04 Å². The molecular weight excluding hydrogens is 260 g/mol. The number of benzene rings is 1. The number of hydrogen-bond acceptors (Lipinski definition) is 2. The van der Waals surface area contributed by atoms with E-state index in [1.807, 2.05) is 39.0 Å². The van der Waals surface area contributed by atoms with Crippen LogP contribution >= 0.6 is 0 Å². The Kier molecular flexibility index (Phi) is 6.41. The van der Waals surface area contributed by atoms with E-state index in [-0.39, 0.29) is 17.4 Å². The van der Waals surface area contributed by atoms with E-state index in [2.05, 4.69) is 31.3 Å². The van der Waals surface area contributed by atoms with Crippen molar-refractivity contribution < 1.29 is 4.79 Å². The van der Waals surface area contributed by atoms with Crippen LogP contribution in [0.15, 0.2) is 30.3 Å². The quantitative estimate of drug-likeness (QED) is 0.840. The van der Waals surface area contributed by atoms with Gasteiger partial charge in [-0.15, -0.1) is 0 Å². The second-order valence-corrected chi connectivity index (χ2v) is 6.82. The molecule has 3 N–H and O–H groups in total. The van der Waals surface area contributed by atoms with Crippen molar-refractivity contribution in [1.29, 1.82) is 0 Å². The number of carbonyl (C=O) groups excluding carboxylic acids is 1. The van der Waals surface area contributed by atoms with Gasteiger partial charge in [-0.2, -0.15) is 0 Å². The summed E-state index contributed by atoms with van der Waals surface area (Å²) in [6.07, 6.45) is 2.06. The summed E-state index contributed by atoms with van der Waals surface area (Å²) in [5.74, 6) is 0.353. The minimum Gasteiger partial charge on any atom is -0.348 e. The minimum atomic E-state index is -0.502. The predicted octanol–water partition coefficient (Wildman–Crippen LogP) is 3.65. The molecule has 21 heavy (non-hydrogen) atoms. The van der Waals surface area contributed by atoms with Crippen LogP contribution in [0.2, 0.25) is 0 Å². The number of hydrogen-bond donors (Lipinski definition) is 2. The van der Waals surface area contributed by atoms with Gasteiger partial charge in [-0.25, -0.2) is 0 Å². The van der Waals surface area contributed by atoms with Gasteiger partial charge in [0.15, 0.2) is 0 Å². The summed E-state index contributed by atoms with van der Waals surface area (Å²) in [4.78, 5) is 12.5. The molecule has 0 aliphatic heterocycles. The van der Waals surface area contributed by atoms with Gasteiger partial charge in [0.25, 0.3) is 0 Å². The van der Waals surface area contributed by atoms with Crippen LogP contribution in [0.3, 0.4) is 0 Å². The fourth-order valence-electron chi connectivity index (χ4n) is 2.53. The van der Waals surface area contributed by atoms with Gasteiger partial charge in [0, 0.05) is 0 Å². The van der Waals surface area contributed by atoms with Crippen LogP contribution in [0.5, 0.6) is 0 Å². The Morgan fingerprint density at radius 2 is 1.67 bits per heavy atom. The van der Waals surface area contributed by atoms with Crippen molar-refractivity contribution in [3.05, 3.63) is 35.9 Å². The monoisotopic (exact) mass is 290 g/mol. The molecule has 1 rings (SSSR count). The lowest BCUT2D eigenvalue weighted by Gasteiger charge is -2.31. The highest BCUT2D eigenvalue weighted by Gasteiger charge is 2.30. The Bertz CT molecular complexity index is 432. The normalized spacial score (nSPS) is 14.8. The molecule has 3 heteroatoms. The standard InChI is InChI=1S/C18H30N2O/c1-6-13(7-2)15(14-11-9-8-10-12-14)20-17(21)16(19)18(3,4)5/h8-13,15-16H,6-7,19H2,1-5H3,(H,20,21)/t15?,16-/m0/s1. The van der Waals surface area contributed by atoms with Crippen molar-refractivity contribution in [1.82, 2.24) is 5.32 Å². The fraction of sp³-hybridized carbons (Fsp3) is 0.611. The molecule has 0 aliphatic carbocycles. The molecule has 0 spiro atoms. The van der Waals surface area contributed by atoms with Gasteiger partial charge in [0.2, 0.25) is 5.91 Å². The van der Waals surface area contributed by atoms with Crippen molar-refractivity contribution >= 4 is 5.91 Å². The highest BCUT2D eigenvalue weighted by Crippen LogP contribution is 2.28. The van der Waals surface area contributed by atoms with Crippen molar-refractivity contribution in [3.63, 3.8) is 0 Å². The molecule has 1 aromatic rings. The summed E-state index contributed by atoms with van der Waals surface area (Å²) < 4.78 is 0. The van der Waals surface area contributed by atoms with E-state index in [9.17, 15) is 4.79 Å². The second-order valence-electron chi connectivity index (χ2n) is 6.82. The molecule has 1 amide bonds. The Hall–Kier alpha value is -1.35. The average Bonchev–Trinajstić information content (AvgIpc) is 2.46. The Morgan fingerprint density at radius 3 is 2.10 bits per heavy atom. The summed E-state index contributed by atoms with van der Waals surface area (Å²) in [5.41, 5.74) is 7.01. The Morgan fingerprint density at radius 1 is 1.14 bits per heavy atom. The molecule has 1 aromatic carbocycles. The van der Waals surface area contributed by atoms with E-state index in [0.29, 0.717) is 5.92 Å². The third-order valence-electron chi connectivity index (χ3n) is 4.19. The van der Waals surface area contributed by atoms with Crippen LogP contribution in [-0.4, -0.2) is 11.9 Å². The number of nitrogens with two attached hydrogens (primary N) is 1. The molecule has 1 unspecified atom stereocenters. The molecule has 118 valence electrons. The molecule has 0 bridgehead atoms. The van der Waals surface area contributed by atoms with Gasteiger partial charge >= 0.3 is 0 Å². The van der Waals surface area contributed by atoms with E-state index in [4.69, 9.17) is 5.73 Å². The Balaban J connectivity index is 2.96. The lowest BCUT2D eigenvalue weighted by molar-refractivity contribution is -0.125. The van der Waals surface area contributed by atoms with Gasteiger partial charge in [-0.1, -0.05) is 77.8 Å². The molecule has 0 radical (unpaired) electrons. The minimum absolute atomic E-state index is 0.0297. The number of nitrogens with one attached hydrogen (secondary N) is 1. The first-order valence-electron chi connectivity index (χ1n) is 7.92. The van der Waals surface area contributed by atoms with Crippen molar-refractivity contribution in [2.75, 3.05) is 0 Å². The highest BCUT2D eigenvalue weighted by atomic mass is 16.2. The molecule has 0 saturated heterocycles. The largest absolute Gasteiger partial charge is 0.348 e. The van der Waals surface area contributed by atoms with Crippen LogP contribution < -0.4 is 11.1 Å². The van der Waals surface area contributed by atoms with Gasteiger partial charge in [-0.05, 0) is 16.9 Å². The van der Waals surface area contributed by atoms with Gasteiger partial charge in [0.05, 0.1) is 12.1 Å². The SMILES string of the molecule is CCC(CC)C(NC(=O)[C@H](N)C(C)(C)C)c1ccccc1. The zero-order valence-electron chi connectivity index (χ0n) is 14.0. The maximum Gasteiger partial charge on any atom is 0.237 e. The van der Waals surface area contributed by atoms with E-state index in [1.54, 1.807) is 0 Å². The maximum atomic E-state index is 12.5. The summed E-state index contributed by atoms with van der Waals surface area (Å²) in [5, 5.41) is 3.18. The number of rotatable bonds is 6. The van der Waals surface area contributed by atoms with Crippen molar-refractivity contribution in [2.45, 2.75) is 59.5 Å². The van der Waals surface area contributed by atoms with Gasteiger partial charge < -0.3 is 11.1 Å². The molecule has 2 atom stereocenters. The third kappa shape index (κ3) is 4.85. The predicted molar refractivity (Wildman–Crippen MR) is 88.8 cm³/mol. The van der Waals surface area contributed by atoms with Crippen molar-refractivity contribution in [2.24, 2.45) is 17.1 Å². The highest BCUT2D eigenvalue weighted by molar-refractivity contribution is 5.82. The molecule has 0 saturated carbocycles. The summed E-state index contributed by atoms with van der Waals surface area (Å²) >= 11 is 0. The maximum absolute atomic E-state index is 12.5. The fourth-order valence-corrected chi connectivity index (χ4v) is 2.53. The van der Waals surface area contributed by atoms with Crippen LogP contribution in [0.1, 0.15) is 59.1 Å². The first kappa shape index (κ1) is 17.7. The zero-order valence-corrected chi connectivity index (χ0v) is 14.0. The summed E-state index contributed by atoms with van der Waals surface area (Å²) in [6.45, 7) is 10.3. The van der Waals surface area contributed by atoms with Crippen molar-refractivity contribution in [3.8, 4) is 0 Å². The molecule has 0 fully saturated rings. The van der Waals surface area contributed by atoms with E-state index >= 15 is 0 Å². The number of carbonyl (C=O) groups is 1. The zero-order chi connectivity index (χ0) is 16.0.